The van der Waals surface area contributed by atoms with E-state index in [9.17, 15) is 0 Å². The van der Waals surface area contributed by atoms with E-state index in [0.29, 0.717) is 12.6 Å². The van der Waals surface area contributed by atoms with Crippen molar-refractivity contribution in [3.8, 4) is 0 Å². The summed E-state index contributed by atoms with van der Waals surface area (Å²) in [5.74, 6) is 0.775. The van der Waals surface area contributed by atoms with E-state index in [1.807, 2.05) is 12.3 Å². The van der Waals surface area contributed by atoms with Gasteiger partial charge in [0.15, 0.2) is 0 Å². The van der Waals surface area contributed by atoms with Crippen molar-refractivity contribution < 1.29 is 0 Å². The van der Waals surface area contributed by atoms with Gasteiger partial charge >= 0.3 is 0 Å². The summed E-state index contributed by atoms with van der Waals surface area (Å²) in [6, 6.07) is 10.8. The topological polar surface area (TPSA) is 42.1 Å². The molecule has 0 amide bonds. The quantitative estimate of drug-likeness (QED) is 0.916. The molecule has 1 saturated heterocycles. The molecule has 0 saturated carbocycles. The zero-order valence-corrected chi connectivity index (χ0v) is 11.4. The molecule has 0 spiro atoms. The molecule has 1 aromatic heterocycles. The smallest absolute Gasteiger partial charge is 0.0750 e. The molecule has 1 aromatic carbocycles. The molecule has 100 valence electrons. The Labute approximate surface area is 114 Å². The van der Waals surface area contributed by atoms with Gasteiger partial charge in [0.2, 0.25) is 0 Å². The first-order valence-electron chi connectivity index (χ1n) is 7.07. The van der Waals surface area contributed by atoms with Crippen molar-refractivity contribution in [2.75, 3.05) is 19.6 Å². The fourth-order valence-electron chi connectivity index (χ4n) is 3.12. The number of benzene rings is 1. The van der Waals surface area contributed by atoms with Crippen molar-refractivity contribution in [3.63, 3.8) is 0 Å². The van der Waals surface area contributed by atoms with E-state index in [0.717, 1.165) is 24.5 Å². The first-order chi connectivity index (χ1) is 9.29. The predicted octanol–water partition coefficient (Wildman–Crippen LogP) is 2.58. The van der Waals surface area contributed by atoms with E-state index >= 15 is 0 Å². The van der Waals surface area contributed by atoms with E-state index in [1.165, 1.54) is 17.4 Å². The van der Waals surface area contributed by atoms with Crippen LogP contribution in [0.25, 0.3) is 10.9 Å². The Bertz CT molecular complexity index is 561. The minimum absolute atomic E-state index is 0.295. The number of hydrogen-bond donors (Lipinski definition) is 1. The molecule has 3 rings (SSSR count). The number of fused-ring (bicyclic) bond motifs is 1. The Morgan fingerprint density at radius 2 is 2.21 bits per heavy atom. The van der Waals surface area contributed by atoms with E-state index < -0.39 is 0 Å². The zero-order chi connectivity index (χ0) is 13.2. The number of hydrogen-bond acceptors (Lipinski definition) is 3. The lowest BCUT2D eigenvalue weighted by Gasteiger charge is -2.27. The normalized spacial score (nSPS) is 21.9. The van der Waals surface area contributed by atoms with Gasteiger partial charge in [0.05, 0.1) is 5.52 Å². The van der Waals surface area contributed by atoms with E-state index in [-0.39, 0.29) is 0 Å². The van der Waals surface area contributed by atoms with E-state index in [1.54, 1.807) is 0 Å². The van der Waals surface area contributed by atoms with E-state index in [4.69, 9.17) is 5.73 Å². The molecule has 1 aliphatic rings. The number of nitrogens with zero attached hydrogens (tertiary/aromatic N) is 2. The molecular formula is C16H21N3. The maximum atomic E-state index is 6.05. The van der Waals surface area contributed by atoms with Crippen molar-refractivity contribution >= 4 is 10.9 Å². The lowest BCUT2D eigenvalue weighted by atomic mass is 10.0. The van der Waals surface area contributed by atoms with Crippen molar-refractivity contribution in [2.45, 2.75) is 19.4 Å². The molecule has 2 unspecified atom stereocenters. The molecule has 1 fully saturated rings. The van der Waals surface area contributed by atoms with Crippen molar-refractivity contribution in [1.29, 1.82) is 0 Å². The van der Waals surface area contributed by atoms with Crippen molar-refractivity contribution in [2.24, 2.45) is 11.7 Å². The van der Waals surface area contributed by atoms with Crippen molar-refractivity contribution in [1.82, 2.24) is 9.88 Å². The minimum atomic E-state index is 0.295. The van der Waals surface area contributed by atoms with Gasteiger partial charge in [0.1, 0.15) is 0 Å². The molecule has 3 nitrogen and oxygen atoms in total. The maximum Gasteiger partial charge on any atom is 0.0750 e. The standard InChI is InChI=1S/C16H21N3/c1-12-7-9-19(11-12)15(10-17)14-6-2-4-13-5-3-8-18-16(13)14/h2-6,8,12,15H,7,9-11,17H2,1H3. The number of likely N-dealkylation sites (tertiary alicyclic amines) is 1. The Kier molecular flexibility index (Phi) is 3.49. The Morgan fingerprint density at radius 1 is 1.37 bits per heavy atom. The van der Waals surface area contributed by atoms with Gasteiger partial charge in [-0.25, -0.2) is 0 Å². The van der Waals surface area contributed by atoms with Gasteiger partial charge in [0, 0.05) is 30.7 Å². The molecule has 2 N–H and O–H groups in total. The Morgan fingerprint density at radius 3 is 2.95 bits per heavy atom. The second kappa shape index (κ2) is 5.27. The molecule has 2 heterocycles. The predicted molar refractivity (Wildman–Crippen MR) is 78.9 cm³/mol. The fourth-order valence-corrected chi connectivity index (χ4v) is 3.12. The summed E-state index contributed by atoms with van der Waals surface area (Å²) >= 11 is 0. The zero-order valence-electron chi connectivity index (χ0n) is 11.4. The van der Waals surface area contributed by atoms with Crippen LogP contribution < -0.4 is 5.73 Å². The van der Waals surface area contributed by atoms with Crippen LogP contribution in [0.5, 0.6) is 0 Å². The minimum Gasteiger partial charge on any atom is -0.329 e. The molecular weight excluding hydrogens is 234 g/mol. The first kappa shape index (κ1) is 12.6. The lowest BCUT2D eigenvalue weighted by Crippen LogP contribution is -2.32. The average Bonchev–Trinajstić information content (AvgIpc) is 2.86. The third kappa shape index (κ3) is 2.36. The molecule has 19 heavy (non-hydrogen) atoms. The monoisotopic (exact) mass is 255 g/mol. The molecule has 3 heteroatoms. The summed E-state index contributed by atoms with van der Waals surface area (Å²) in [5.41, 5.74) is 8.42. The number of pyridine rings is 1. The molecule has 0 aliphatic carbocycles. The van der Waals surface area contributed by atoms with Gasteiger partial charge < -0.3 is 5.73 Å². The fraction of sp³-hybridized carbons (Fsp3) is 0.438. The molecule has 0 bridgehead atoms. The summed E-state index contributed by atoms with van der Waals surface area (Å²) < 4.78 is 0. The third-order valence-electron chi connectivity index (χ3n) is 4.14. The number of para-hydroxylation sites is 1. The highest BCUT2D eigenvalue weighted by Crippen LogP contribution is 2.30. The molecule has 2 atom stereocenters. The number of aromatic nitrogens is 1. The highest BCUT2D eigenvalue weighted by Gasteiger charge is 2.27. The SMILES string of the molecule is CC1CCN(C(CN)c2cccc3cccnc23)C1. The van der Waals surface area contributed by atoms with Crippen LogP contribution in [0.1, 0.15) is 24.9 Å². The highest BCUT2D eigenvalue weighted by atomic mass is 15.2. The average molecular weight is 255 g/mol. The summed E-state index contributed by atoms with van der Waals surface area (Å²) in [4.78, 5) is 7.07. The van der Waals surface area contributed by atoms with Gasteiger partial charge in [-0.2, -0.15) is 0 Å². The van der Waals surface area contributed by atoms with Gasteiger partial charge in [-0.05, 0) is 30.5 Å². The second-order valence-corrected chi connectivity index (χ2v) is 5.56. The summed E-state index contributed by atoms with van der Waals surface area (Å²) in [6.45, 7) is 5.26. The largest absolute Gasteiger partial charge is 0.329 e. The van der Waals surface area contributed by atoms with Crippen LogP contribution in [0.4, 0.5) is 0 Å². The van der Waals surface area contributed by atoms with Gasteiger partial charge in [-0.3, -0.25) is 9.88 Å². The number of nitrogens with two attached hydrogens (primary N) is 1. The number of rotatable bonds is 3. The lowest BCUT2D eigenvalue weighted by molar-refractivity contribution is 0.245. The van der Waals surface area contributed by atoms with Crippen molar-refractivity contribution in [3.05, 3.63) is 42.1 Å². The van der Waals surface area contributed by atoms with Crippen LogP contribution in [-0.4, -0.2) is 29.5 Å². The van der Waals surface area contributed by atoms with Crippen LogP contribution in [0.15, 0.2) is 36.5 Å². The second-order valence-electron chi connectivity index (χ2n) is 5.56. The summed E-state index contributed by atoms with van der Waals surface area (Å²) in [5, 5.41) is 1.20. The molecule has 0 radical (unpaired) electrons. The summed E-state index contributed by atoms with van der Waals surface area (Å²) in [7, 11) is 0. The van der Waals surface area contributed by atoms with Crippen LogP contribution in [0.2, 0.25) is 0 Å². The van der Waals surface area contributed by atoms with Crippen LogP contribution in [-0.2, 0) is 0 Å². The van der Waals surface area contributed by atoms with Crippen LogP contribution in [0.3, 0.4) is 0 Å². The molecule has 1 aliphatic heterocycles. The summed E-state index contributed by atoms with van der Waals surface area (Å²) in [6.07, 6.45) is 3.14. The van der Waals surface area contributed by atoms with Crippen LogP contribution in [0, 0.1) is 5.92 Å². The highest BCUT2D eigenvalue weighted by molar-refractivity contribution is 5.82. The molecule has 2 aromatic rings. The first-order valence-corrected chi connectivity index (χ1v) is 7.07. The third-order valence-corrected chi connectivity index (χ3v) is 4.14. The Hall–Kier alpha value is -1.45. The van der Waals surface area contributed by atoms with E-state index in [2.05, 4.69) is 41.1 Å². The maximum absolute atomic E-state index is 6.05. The van der Waals surface area contributed by atoms with Gasteiger partial charge in [-0.15, -0.1) is 0 Å². The van der Waals surface area contributed by atoms with Gasteiger partial charge in [0.25, 0.3) is 0 Å². The van der Waals surface area contributed by atoms with Gasteiger partial charge in [-0.1, -0.05) is 31.2 Å². The van der Waals surface area contributed by atoms with Crippen LogP contribution >= 0.6 is 0 Å². The Balaban J connectivity index is 2.01.